The van der Waals surface area contributed by atoms with Gasteiger partial charge in [0, 0.05) is 19.6 Å². The Balaban J connectivity index is 1.71. The van der Waals surface area contributed by atoms with Crippen LogP contribution in [0.15, 0.2) is 0 Å². The van der Waals surface area contributed by atoms with E-state index in [4.69, 9.17) is 9.84 Å². The van der Waals surface area contributed by atoms with Crippen LogP contribution in [-0.2, 0) is 4.74 Å². The summed E-state index contributed by atoms with van der Waals surface area (Å²) in [6.07, 6.45) is 0. The molecule has 0 saturated carbocycles. The van der Waals surface area contributed by atoms with E-state index >= 15 is 0 Å². The molecule has 1 fully saturated rings. The topological polar surface area (TPSA) is 32.5 Å². The minimum atomic E-state index is 0.139. The van der Waals surface area contributed by atoms with Crippen molar-refractivity contribution in [2.45, 2.75) is 0 Å². The smallest absolute Gasteiger partial charge is 0.0698 e. The first-order valence-electron chi connectivity index (χ1n) is 3.34. The van der Waals surface area contributed by atoms with Crippen LogP contribution in [0.25, 0.3) is 0 Å². The zero-order valence-electron chi connectivity index (χ0n) is 5.55. The van der Waals surface area contributed by atoms with Crippen molar-refractivity contribution in [1.29, 1.82) is 0 Å². The van der Waals surface area contributed by atoms with Gasteiger partial charge in [-0.15, -0.1) is 0 Å². The highest BCUT2D eigenvalue weighted by Crippen LogP contribution is 2.00. The Bertz CT molecular complexity index is 73.5. The molecule has 1 rings (SSSR count). The molecule has 1 aliphatic heterocycles. The second kappa shape index (κ2) is 3.82. The lowest BCUT2D eigenvalue weighted by Gasteiger charge is -2.00. The highest BCUT2D eigenvalue weighted by atomic mass is 16.5. The number of ether oxygens (including phenoxy) is 1. The molecule has 3 nitrogen and oxygen atoms in total. The van der Waals surface area contributed by atoms with Crippen LogP contribution in [0.2, 0.25) is 0 Å². The summed E-state index contributed by atoms with van der Waals surface area (Å²) < 4.78 is 5.04. The van der Waals surface area contributed by atoms with E-state index in [9.17, 15) is 0 Å². The van der Waals surface area contributed by atoms with Crippen LogP contribution < -0.4 is 0 Å². The summed E-state index contributed by atoms with van der Waals surface area (Å²) in [5.74, 6) is 0. The number of hydrogen-bond donors (Lipinski definition) is 1. The van der Waals surface area contributed by atoms with E-state index < -0.39 is 0 Å². The first-order valence-corrected chi connectivity index (χ1v) is 3.34. The van der Waals surface area contributed by atoms with Crippen LogP contribution >= 0.6 is 0 Å². The normalized spacial score (nSPS) is 18.3. The fourth-order valence-electron chi connectivity index (χ4n) is 0.655. The highest BCUT2D eigenvalue weighted by molar-refractivity contribution is 4.70. The summed E-state index contributed by atoms with van der Waals surface area (Å²) in [6, 6.07) is 0. The molecule has 0 amide bonds. The summed E-state index contributed by atoms with van der Waals surface area (Å²) in [4.78, 5) is 2.29. The van der Waals surface area contributed by atoms with Gasteiger partial charge in [0.25, 0.3) is 0 Å². The van der Waals surface area contributed by atoms with Crippen LogP contribution in [0.1, 0.15) is 0 Å². The summed E-state index contributed by atoms with van der Waals surface area (Å²) in [5, 5.41) is 8.31. The number of hydrogen-bond acceptors (Lipinski definition) is 3. The first kappa shape index (κ1) is 6.99. The van der Waals surface area contributed by atoms with Gasteiger partial charge < -0.3 is 9.84 Å². The van der Waals surface area contributed by atoms with Gasteiger partial charge in [-0.1, -0.05) is 0 Å². The van der Waals surface area contributed by atoms with Crippen LogP contribution in [0, 0.1) is 0 Å². The van der Waals surface area contributed by atoms with Crippen molar-refractivity contribution in [3.63, 3.8) is 0 Å². The predicted octanol–water partition coefficient (Wildman–Crippen LogP) is -0.689. The molecular formula is C6H13NO2. The summed E-state index contributed by atoms with van der Waals surface area (Å²) >= 11 is 0. The van der Waals surface area contributed by atoms with Crippen molar-refractivity contribution in [2.75, 3.05) is 39.5 Å². The molecule has 0 atom stereocenters. The molecule has 0 aromatic rings. The SMILES string of the molecule is OCCOCCN1CC1. The molecule has 0 aromatic carbocycles. The molecule has 0 aromatic heterocycles. The maximum absolute atomic E-state index is 8.31. The van der Waals surface area contributed by atoms with Crippen LogP contribution in [0.4, 0.5) is 0 Å². The maximum atomic E-state index is 8.31. The monoisotopic (exact) mass is 131 g/mol. The van der Waals surface area contributed by atoms with Crippen LogP contribution in [-0.4, -0.2) is 49.5 Å². The lowest BCUT2D eigenvalue weighted by atomic mass is 10.7. The average Bonchev–Trinajstić information content (AvgIpc) is 2.63. The van der Waals surface area contributed by atoms with Crippen molar-refractivity contribution in [3.05, 3.63) is 0 Å². The molecule has 1 aliphatic rings. The van der Waals surface area contributed by atoms with Gasteiger partial charge in [-0.25, -0.2) is 0 Å². The summed E-state index contributed by atoms with van der Waals surface area (Å²) in [7, 11) is 0. The highest BCUT2D eigenvalue weighted by Gasteiger charge is 2.15. The fourth-order valence-corrected chi connectivity index (χ4v) is 0.655. The molecule has 0 unspecified atom stereocenters. The molecule has 0 aliphatic carbocycles. The van der Waals surface area contributed by atoms with Gasteiger partial charge in [-0.3, -0.25) is 4.90 Å². The lowest BCUT2D eigenvalue weighted by molar-refractivity contribution is 0.0880. The van der Waals surface area contributed by atoms with Gasteiger partial charge in [-0.05, 0) is 0 Å². The predicted molar refractivity (Wildman–Crippen MR) is 34.3 cm³/mol. The van der Waals surface area contributed by atoms with Gasteiger partial charge in [0.15, 0.2) is 0 Å². The molecule has 9 heavy (non-hydrogen) atoms. The zero-order valence-corrected chi connectivity index (χ0v) is 5.55. The Morgan fingerprint density at radius 1 is 1.33 bits per heavy atom. The van der Waals surface area contributed by atoms with Gasteiger partial charge in [0.1, 0.15) is 0 Å². The van der Waals surface area contributed by atoms with Crippen LogP contribution in [0.3, 0.4) is 0 Å². The lowest BCUT2D eigenvalue weighted by Crippen LogP contribution is -2.10. The molecule has 0 spiro atoms. The molecular weight excluding hydrogens is 118 g/mol. The molecule has 54 valence electrons. The maximum Gasteiger partial charge on any atom is 0.0698 e. The Labute approximate surface area is 55.2 Å². The number of aliphatic hydroxyl groups is 1. The van der Waals surface area contributed by atoms with E-state index in [1.54, 1.807) is 0 Å². The standard InChI is InChI=1S/C6H13NO2/c8-4-6-9-5-3-7-1-2-7/h8H,1-6H2. The minimum absolute atomic E-state index is 0.139. The minimum Gasteiger partial charge on any atom is -0.394 e. The van der Waals surface area contributed by atoms with E-state index in [-0.39, 0.29) is 6.61 Å². The van der Waals surface area contributed by atoms with E-state index in [2.05, 4.69) is 4.90 Å². The van der Waals surface area contributed by atoms with E-state index in [0.29, 0.717) is 6.61 Å². The Morgan fingerprint density at radius 3 is 2.67 bits per heavy atom. The molecule has 0 bridgehead atoms. The van der Waals surface area contributed by atoms with Crippen molar-refractivity contribution in [3.8, 4) is 0 Å². The van der Waals surface area contributed by atoms with Gasteiger partial charge in [0.2, 0.25) is 0 Å². The van der Waals surface area contributed by atoms with E-state index in [0.717, 1.165) is 13.2 Å². The van der Waals surface area contributed by atoms with E-state index in [1.807, 2.05) is 0 Å². The van der Waals surface area contributed by atoms with Crippen molar-refractivity contribution < 1.29 is 9.84 Å². The third-order valence-electron chi connectivity index (χ3n) is 1.33. The van der Waals surface area contributed by atoms with E-state index in [1.165, 1.54) is 13.1 Å². The number of nitrogens with zero attached hydrogens (tertiary/aromatic N) is 1. The molecule has 1 heterocycles. The fraction of sp³-hybridized carbons (Fsp3) is 1.00. The number of aliphatic hydroxyl groups excluding tert-OH is 1. The van der Waals surface area contributed by atoms with Gasteiger partial charge >= 0.3 is 0 Å². The molecule has 1 saturated heterocycles. The number of rotatable bonds is 5. The quantitative estimate of drug-likeness (QED) is 0.396. The Morgan fingerprint density at radius 2 is 2.11 bits per heavy atom. The zero-order chi connectivity index (χ0) is 6.53. The van der Waals surface area contributed by atoms with Crippen molar-refractivity contribution >= 4 is 0 Å². The largest absolute Gasteiger partial charge is 0.394 e. The average molecular weight is 131 g/mol. The third kappa shape index (κ3) is 3.46. The first-order chi connectivity index (χ1) is 4.43. The molecule has 0 radical (unpaired) electrons. The molecule has 3 heteroatoms. The van der Waals surface area contributed by atoms with Crippen molar-refractivity contribution in [2.24, 2.45) is 0 Å². The Hall–Kier alpha value is -0.120. The third-order valence-corrected chi connectivity index (χ3v) is 1.33. The molecule has 1 N–H and O–H groups in total. The van der Waals surface area contributed by atoms with Gasteiger partial charge in [0.05, 0.1) is 19.8 Å². The summed E-state index contributed by atoms with van der Waals surface area (Å²) in [6.45, 7) is 4.86. The summed E-state index contributed by atoms with van der Waals surface area (Å²) in [5.41, 5.74) is 0. The second-order valence-electron chi connectivity index (χ2n) is 2.18. The van der Waals surface area contributed by atoms with Crippen molar-refractivity contribution in [1.82, 2.24) is 4.90 Å². The second-order valence-corrected chi connectivity index (χ2v) is 2.18. The van der Waals surface area contributed by atoms with Crippen LogP contribution in [0.5, 0.6) is 0 Å². The van der Waals surface area contributed by atoms with Gasteiger partial charge in [-0.2, -0.15) is 0 Å². The Kier molecular flexibility index (Phi) is 2.97.